The van der Waals surface area contributed by atoms with Gasteiger partial charge in [-0.2, -0.15) is 0 Å². The highest BCUT2D eigenvalue weighted by molar-refractivity contribution is 5.52. The van der Waals surface area contributed by atoms with Gasteiger partial charge in [-0.3, -0.25) is 4.98 Å². The molecule has 0 saturated heterocycles. The zero-order chi connectivity index (χ0) is 12.7. The van der Waals surface area contributed by atoms with Gasteiger partial charge in [0.25, 0.3) is 0 Å². The molecule has 1 aromatic rings. The van der Waals surface area contributed by atoms with E-state index in [1.165, 1.54) is 19.3 Å². The molecule has 0 aliphatic carbocycles. The maximum Gasteiger partial charge on any atom is 0.0717 e. The lowest BCUT2D eigenvalue weighted by molar-refractivity contribution is 0.281. The van der Waals surface area contributed by atoms with E-state index in [1.807, 2.05) is 6.07 Å². The second-order valence-electron chi connectivity index (χ2n) is 4.66. The lowest BCUT2D eigenvalue weighted by Crippen LogP contribution is -2.32. The first-order valence-corrected chi connectivity index (χ1v) is 6.51. The third-order valence-electron chi connectivity index (χ3n) is 2.98. The van der Waals surface area contributed by atoms with Crippen molar-refractivity contribution < 1.29 is 5.11 Å². The van der Waals surface area contributed by atoms with Gasteiger partial charge in [0.2, 0.25) is 0 Å². The van der Waals surface area contributed by atoms with Gasteiger partial charge in [0.1, 0.15) is 0 Å². The summed E-state index contributed by atoms with van der Waals surface area (Å²) in [5, 5.41) is 9.35. The molecule has 3 heteroatoms. The second-order valence-corrected chi connectivity index (χ2v) is 4.66. The maximum atomic E-state index is 9.35. The molecule has 0 radical (unpaired) electrons. The van der Waals surface area contributed by atoms with Crippen LogP contribution in [0, 0.1) is 0 Å². The van der Waals surface area contributed by atoms with Crippen molar-refractivity contribution in [3.8, 4) is 0 Å². The Morgan fingerprint density at radius 2 is 2.12 bits per heavy atom. The van der Waals surface area contributed by atoms with E-state index < -0.39 is 0 Å². The molecule has 0 amide bonds. The molecule has 0 saturated carbocycles. The highest BCUT2D eigenvalue weighted by Gasteiger charge is 2.13. The number of pyridine rings is 1. The molecule has 0 spiro atoms. The first-order chi connectivity index (χ1) is 8.20. The Balaban J connectivity index is 2.81. The van der Waals surface area contributed by atoms with E-state index in [0.717, 1.165) is 17.8 Å². The summed E-state index contributed by atoms with van der Waals surface area (Å²) in [6.45, 7) is 7.69. The van der Waals surface area contributed by atoms with Crippen LogP contribution >= 0.6 is 0 Å². The molecule has 17 heavy (non-hydrogen) atoms. The average molecular weight is 236 g/mol. The van der Waals surface area contributed by atoms with E-state index in [9.17, 15) is 5.11 Å². The zero-order valence-corrected chi connectivity index (χ0v) is 11.2. The summed E-state index contributed by atoms with van der Waals surface area (Å²) in [6.07, 6.45) is 7.23. The molecule has 0 aromatic carbocycles. The third-order valence-corrected chi connectivity index (χ3v) is 2.98. The van der Waals surface area contributed by atoms with Crippen molar-refractivity contribution in [2.75, 3.05) is 11.4 Å². The van der Waals surface area contributed by atoms with Gasteiger partial charge < -0.3 is 10.0 Å². The summed E-state index contributed by atoms with van der Waals surface area (Å²) in [7, 11) is 0. The predicted octanol–water partition coefficient (Wildman–Crippen LogP) is 2.98. The highest BCUT2D eigenvalue weighted by Crippen LogP contribution is 2.22. The van der Waals surface area contributed by atoms with E-state index in [-0.39, 0.29) is 6.61 Å². The van der Waals surface area contributed by atoms with Crippen molar-refractivity contribution >= 4 is 5.69 Å². The Kier molecular flexibility index (Phi) is 5.98. The van der Waals surface area contributed by atoms with Gasteiger partial charge in [0, 0.05) is 36.2 Å². The van der Waals surface area contributed by atoms with Crippen molar-refractivity contribution in [2.24, 2.45) is 0 Å². The Morgan fingerprint density at radius 1 is 1.35 bits per heavy atom. The minimum Gasteiger partial charge on any atom is -0.392 e. The third kappa shape index (κ3) is 4.00. The van der Waals surface area contributed by atoms with Crippen LogP contribution in [0.5, 0.6) is 0 Å². The molecule has 1 N–H and O–H groups in total. The van der Waals surface area contributed by atoms with Crippen LogP contribution in [-0.2, 0) is 6.61 Å². The molecular formula is C14H24N2O. The Labute approximate surface area is 104 Å². The van der Waals surface area contributed by atoms with Gasteiger partial charge in [0.05, 0.1) is 6.61 Å². The number of hydrogen-bond acceptors (Lipinski definition) is 3. The summed E-state index contributed by atoms with van der Waals surface area (Å²) in [6, 6.07) is 2.44. The molecule has 0 unspecified atom stereocenters. The van der Waals surface area contributed by atoms with Crippen LogP contribution in [-0.4, -0.2) is 22.7 Å². The van der Waals surface area contributed by atoms with E-state index in [0.29, 0.717) is 6.04 Å². The molecule has 1 aromatic heterocycles. The molecule has 1 rings (SSSR count). The normalized spacial score (nSPS) is 10.9. The highest BCUT2D eigenvalue weighted by atomic mass is 16.3. The number of aliphatic hydroxyl groups is 1. The minimum absolute atomic E-state index is 0.0557. The molecule has 0 atom stereocenters. The lowest BCUT2D eigenvalue weighted by atomic mass is 10.1. The average Bonchev–Trinajstić information content (AvgIpc) is 2.34. The maximum absolute atomic E-state index is 9.35. The Bertz CT molecular complexity index is 326. The predicted molar refractivity (Wildman–Crippen MR) is 72.2 cm³/mol. The first-order valence-electron chi connectivity index (χ1n) is 6.51. The SMILES string of the molecule is CCCCCN(c1ccncc1CO)C(C)C. The molecule has 96 valence electrons. The molecule has 0 bridgehead atoms. The van der Waals surface area contributed by atoms with Crippen LogP contribution in [0.1, 0.15) is 45.6 Å². The number of aromatic nitrogens is 1. The minimum atomic E-state index is 0.0557. The number of nitrogens with zero attached hydrogens (tertiary/aromatic N) is 2. The molecule has 1 heterocycles. The largest absolute Gasteiger partial charge is 0.392 e. The van der Waals surface area contributed by atoms with Crippen molar-refractivity contribution in [3.63, 3.8) is 0 Å². The van der Waals surface area contributed by atoms with Gasteiger partial charge in [-0.15, -0.1) is 0 Å². The van der Waals surface area contributed by atoms with Crippen LogP contribution in [0.2, 0.25) is 0 Å². The van der Waals surface area contributed by atoms with E-state index in [2.05, 4.69) is 30.7 Å². The Morgan fingerprint density at radius 3 is 2.71 bits per heavy atom. The fourth-order valence-corrected chi connectivity index (χ4v) is 2.01. The van der Waals surface area contributed by atoms with Gasteiger partial charge in [0.15, 0.2) is 0 Å². The fraction of sp³-hybridized carbons (Fsp3) is 0.643. The molecular weight excluding hydrogens is 212 g/mol. The topological polar surface area (TPSA) is 36.4 Å². The van der Waals surface area contributed by atoms with Crippen LogP contribution in [0.15, 0.2) is 18.5 Å². The zero-order valence-electron chi connectivity index (χ0n) is 11.2. The van der Waals surface area contributed by atoms with E-state index in [4.69, 9.17) is 0 Å². The molecule has 0 aliphatic heterocycles. The number of anilines is 1. The number of aliphatic hydroxyl groups excluding tert-OH is 1. The smallest absolute Gasteiger partial charge is 0.0717 e. The van der Waals surface area contributed by atoms with Crippen molar-refractivity contribution in [1.82, 2.24) is 4.98 Å². The second kappa shape index (κ2) is 7.28. The summed E-state index contributed by atoms with van der Waals surface area (Å²) in [4.78, 5) is 6.42. The van der Waals surface area contributed by atoms with Crippen molar-refractivity contribution in [3.05, 3.63) is 24.0 Å². The summed E-state index contributed by atoms with van der Waals surface area (Å²) >= 11 is 0. The Hall–Kier alpha value is -1.09. The fourth-order valence-electron chi connectivity index (χ4n) is 2.01. The van der Waals surface area contributed by atoms with Gasteiger partial charge in [-0.25, -0.2) is 0 Å². The van der Waals surface area contributed by atoms with Gasteiger partial charge >= 0.3 is 0 Å². The van der Waals surface area contributed by atoms with Crippen LogP contribution in [0.25, 0.3) is 0 Å². The summed E-state index contributed by atoms with van der Waals surface area (Å²) in [5.74, 6) is 0. The number of rotatable bonds is 7. The number of hydrogen-bond donors (Lipinski definition) is 1. The van der Waals surface area contributed by atoms with Crippen molar-refractivity contribution in [1.29, 1.82) is 0 Å². The quantitative estimate of drug-likeness (QED) is 0.739. The van der Waals surface area contributed by atoms with Crippen molar-refractivity contribution in [2.45, 2.75) is 52.7 Å². The summed E-state index contributed by atoms with van der Waals surface area (Å²) < 4.78 is 0. The summed E-state index contributed by atoms with van der Waals surface area (Å²) in [5.41, 5.74) is 2.03. The lowest BCUT2D eigenvalue weighted by Gasteiger charge is -2.30. The van der Waals surface area contributed by atoms with Crippen LogP contribution < -0.4 is 4.90 Å². The van der Waals surface area contributed by atoms with E-state index >= 15 is 0 Å². The molecule has 0 aliphatic rings. The first kappa shape index (κ1) is 14.0. The van der Waals surface area contributed by atoms with Gasteiger partial charge in [-0.1, -0.05) is 19.8 Å². The van der Waals surface area contributed by atoms with Gasteiger partial charge in [-0.05, 0) is 26.3 Å². The monoisotopic (exact) mass is 236 g/mol. The van der Waals surface area contributed by atoms with Crippen LogP contribution in [0.3, 0.4) is 0 Å². The number of unbranched alkanes of at least 4 members (excludes halogenated alkanes) is 2. The van der Waals surface area contributed by atoms with Crippen LogP contribution in [0.4, 0.5) is 5.69 Å². The van der Waals surface area contributed by atoms with E-state index in [1.54, 1.807) is 12.4 Å². The molecule has 3 nitrogen and oxygen atoms in total. The molecule has 0 fully saturated rings. The standard InChI is InChI=1S/C14H24N2O/c1-4-5-6-9-16(12(2)3)14-7-8-15-10-13(14)11-17/h7-8,10,12,17H,4-6,9,11H2,1-3H3.